The summed E-state index contributed by atoms with van der Waals surface area (Å²) in [4.78, 5) is 28.6. The number of ether oxygens (including phenoxy) is 1. The molecule has 1 saturated heterocycles. The molecule has 1 aromatic carbocycles. The smallest absolute Gasteiger partial charge is 0.409 e. The predicted octanol–water partition coefficient (Wildman–Crippen LogP) is 1.18. The van der Waals surface area contributed by atoms with E-state index < -0.39 is 10.0 Å². The van der Waals surface area contributed by atoms with Gasteiger partial charge in [0.15, 0.2) is 0 Å². The number of carbonyl (C=O) groups is 2. The van der Waals surface area contributed by atoms with Gasteiger partial charge in [0.2, 0.25) is 15.9 Å². The van der Waals surface area contributed by atoms with Gasteiger partial charge in [-0.25, -0.2) is 18.4 Å². The molecule has 10 heteroatoms. The molecule has 0 aromatic heterocycles. The second-order valence-corrected chi connectivity index (χ2v) is 9.81. The number of nitrogens with two attached hydrogens (primary N) is 1. The van der Waals surface area contributed by atoms with E-state index in [2.05, 4.69) is 10.2 Å². The molecule has 1 unspecified atom stereocenters. The van der Waals surface area contributed by atoms with Crippen LogP contribution >= 0.6 is 0 Å². The van der Waals surface area contributed by atoms with Crippen LogP contribution < -0.4 is 10.5 Å². The number of nitrogens with one attached hydrogen (secondary N) is 1. The second-order valence-electron chi connectivity index (χ2n) is 8.25. The molecule has 0 spiro atoms. The van der Waals surface area contributed by atoms with Crippen molar-refractivity contribution in [3.05, 3.63) is 29.8 Å². The van der Waals surface area contributed by atoms with Gasteiger partial charge in [0.1, 0.15) is 0 Å². The van der Waals surface area contributed by atoms with Crippen LogP contribution in [0.1, 0.15) is 32.8 Å². The fourth-order valence-electron chi connectivity index (χ4n) is 3.33. The molecule has 0 aliphatic carbocycles. The lowest BCUT2D eigenvalue weighted by Crippen LogP contribution is -2.47. The Hall–Kier alpha value is -2.17. The maximum Gasteiger partial charge on any atom is 0.409 e. The summed E-state index contributed by atoms with van der Waals surface area (Å²) in [6.07, 6.45) is 1.07. The number of benzene rings is 1. The molecule has 1 aliphatic rings. The quantitative estimate of drug-likeness (QED) is 0.608. The van der Waals surface area contributed by atoms with Crippen molar-refractivity contribution < 1.29 is 22.7 Å². The van der Waals surface area contributed by atoms with Crippen LogP contribution in [0.3, 0.4) is 0 Å². The summed E-state index contributed by atoms with van der Waals surface area (Å²) < 4.78 is 27.9. The maximum atomic E-state index is 12.6. The average molecular weight is 455 g/mol. The van der Waals surface area contributed by atoms with E-state index in [4.69, 9.17) is 9.88 Å². The lowest BCUT2D eigenvalue weighted by atomic mass is 10.1. The molecule has 1 fully saturated rings. The van der Waals surface area contributed by atoms with Gasteiger partial charge in [-0.2, -0.15) is 0 Å². The van der Waals surface area contributed by atoms with Crippen LogP contribution in [0.25, 0.3) is 0 Å². The van der Waals surface area contributed by atoms with Crippen molar-refractivity contribution >= 4 is 22.0 Å². The van der Waals surface area contributed by atoms with E-state index >= 15 is 0 Å². The van der Waals surface area contributed by atoms with Crippen molar-refractivity contribution in [3.8, 4) is 0 Å². The lowest BCUT2D eigenvalue weighted by molar-refractivity contribution is -0.125. The summed E-state index contributed by atoms with van der Waals surface area (Å²) in [6, 6.07) is 6.00. The Morgan fingerprint density at radius 1 is 1.10 bits per heavy atom. The highest BCUT2D eigenvalue weighted by atomic mass is 32.2. The molecule has 3 N–H and O–H groups in total. The van der Waals surface area contributed by atoms with Crippen LogP contribution in [-0.2, 0) is 26.0 Å². The summed E-state index contributed by atoms with van der Waals surface area (Å²) in [5.41, 5.74) is 0.908. The SMILES string of the molecule is CC(C)COC(=O)N1CCCN(C(C)C(=O)NCCc2ccc(S(N)(=O)=O)cc2)CC1. The molecule has 9 nitrogen and oxygen atoms in total. The Morgan fingerprint density at radius 3 is 2.39 bits per heavy atom. The zero-order chi connectivity index (χ0) is 23.0. The van der Waals surface area contributed by atoms with Crippen LogP contribution in [0.4, 0.5) is 4.79 Å². The highest BCUT2D eigenvalue weighted by Gasteiger charge is 2.26. The normalized spacial score (nSPS) is 16.6. The van der Waals surface area contributed by atoms with Crippen LogP contribution in [0.15, 0.2) is 29.2 Å². The number of rotatable bonds is 8. The minimum absolute atomic E-state index is 0.0669. The van der Waals surface area contributed by atoms with Gasteiger partial charge in [0.25, 0.3) is 0 Å². The highest BCUT2D eigenvalue weighted by Crippen LogP contribution is 2.11. The molecule has 2 rings (SSSR count). The molecule has 31 heavy (non-hydrogen) atoms. The number of primary sulfonamides is 1. The van der Waals surface area contributed by atoms with Gasteiger partial charge in [-0.3, -0.25) is 9.69 Å². The van der Waals surface area contributed by atoms with E-state index in [1.54, 1.807) is 17.0 Å². The Balaban J connectivity index is 1.77. The lowest BCUT2D eigenvalue weighted by Gasteiger charge is -2.27. The second kappa shape index (κ2) is 11.4. The first kappa shape index (κ1) is 25.1. The Kier molecular flexibility index (Phi) is 9.27. The van der Waals surface area contributed by atoms with Crippen molar-refractivity contribution in [1.82, 2.24) is 15.1 Å². The first-order chi connectivity index (χ1) is 14.6. The minimum Gasteiger partial charge on any atom is -0.449 e. The standard InChI is InChI=1S/C21H34N4O5S/c1-16(2)15-30-21(27)25-12-4-11-24(13-14-25)17(3)20(26)23-10-9-18-5-7-19(8-6-18)31(22,28)29/h5-8,16-17H,4,9-15H2,1-3H3,(H,23,26)(H2,22,28,29). The van der Waals surface area contributed by atoms with Crippen molar-refractivity contribution in [2.75, 3.05) is 39.3 Å². The van der Waals surface area contributed by atoms with Gasteiger partial charge in [0, 0.05) is 32.7 Å². The number of hydrogen-bond acceptors (Lipinski definition) is 6. The largest absolute Gasteiger partial charge is 0.449 e. The Bertz CT molecular complexity index is 842. The molecule has 0 radical (unpaired) electrons. The van der Waals surface area contributed by atoms with Gasteiger partial charge in [-0.15, -0.1) is 0 Å². The maximum absolute atomic E-state index is 12.6. The monoisotopic (exact) mass is 454 g/mol. The number of hydrogen-bond donors (Lipinski definition) is 2. The predicted molar refractivity (Wildman–Crippen MR) is 118 cm³/mol. The van der Waals surface area contributed by atoms with E-state index in [1.165, 1.54) is 12.1 Å². The summed E-state index contributed by atoms with van der Waals surface area (Å²) in [6.45, 7) is 9.21. The number of nitrogens with zero attached hydrogens (tertiary/aromatic N) is 2. The molecular weight excluding hydrogens is 420 g/mol. The Morgan fingerprint density at radius 2 is 1.77 bits per heavy atom. The fraction of sp³-hybridized carbons (Fsp3) is 0.619. The third kappa shape index (κ3) is 8.12. The molecule has 0 saturated carbocycles. The average Bonchev–Trinajstić information content (AvgIpc) is 2.97. The number of carbonyl (C=O) groups excluding carboxylic acids is 2. The molecule has 1 aliphatic heterocycles. The van der Waals surface area contributed by atoms with E-state index in [1.807, 2.05) is 20.8 Å². The van der Waals surface area contributed by atoms with E-state index in [-0.39, 0.29) is 22.9 Å². The van der Waals surface area contributed by atoms with Gasteiger partial charge in [-0.1, -0.05) is 26.0 Å². The van der Waals surface area contributed by atoms with Crippen molar-refractivity contribution in [2.45, 2.75) is 44.6 Å². The number of sulfonamides is 1. The molecule has 0 bridgehead atoms. The topological polar surface area (TPSA) is 122 Å². The van der Waals surface area contributed by atoms with Gasteiger partial charge < -0.3 is 15.0 Å². The van der Waals surface area contributed by atoms with Gasteiger partial charge in [0.05, 0.1) is 17.5 Å². The van der Waals surface area contributed by atoms with Gasteiger partial charge >= 0.3 is 6.09 Å². The summed E-state index contributed by atoms with van der Waals surface area (Å²) in [5, 5.41) is 8.03. The van der Waals surface area contributed by atoms with Crippen molar-refractivity contribution in [1.29, 1.82) is 0 Å². The third-order valence-corrected chi connectivity index (χ3v) is 6.15. The molecule has 1 atom stereocenters. The zero-order valence-corrected chi connectivity index (χ0v) is 19.4. The summed E-state index contributed by atoms with van der Waals surface area (Å²) in [5.74, 6) is 0.222. The van der Waals surface area contributed by atoms with Crippen LogP contribution in [0.2, 0.25) is 0 Å². The third-order valence-electron chi connectivity index (χ3n) is 5.22. The first-order valence-corrected chi connectivity index (χ1v) is 12.2. The zero-order valence-electron chi connectivity index (χ0n) is 18.5. The summed E-state index contributed by atoms with van der Waals surface area (Å²) >= 11 is 0. The van der Waals surface area contributed by atoms with E-state index in [0.717, 1.165) is 18.5 Å². The summed E-state index contributed by atoms with van der Waals surface area (Å²) in [7, 11) is -3.70. The Labute approximate surface area is 185 Å². The van der Waals surface area contributed by atoms with E-state index in [9.17, 15) is 18.0 Å². The van der Waals surface area contributed by atoms with Crippen molar-refractivity contribution in [2.24, 2.45) is 11.1 Å². The molecule has 1 aromatic rings. The molecule has 174 valence electrons. The van der Waals surface area contributed by atoms with E-state index in [0.29, 0.717) is 45.1 Å². The van der Waals surface area contributed by atoms with Crippen LogP contribution in [0, 0.1) is 5.92 Å². The molecule has 1 heterocycles. The van der Waals surface area contributed by atoms with Gasteiger partial charge in [-0.05, 0) is 43.4 Å². The van der Waals surface area contributed by atoms with Crippen LogP contribution in [-0.4, -0.2) is 75.6 Å². The molecular formula is C21H34N4O5S. The van der Waals surface area contributed by atoms with Crippen LogP contribution in [0.5, 0.6) is 0 Å². The molecule has 2 amide bonds. The van der Waals surface area contributed by atoms with Crippen molar-refractivity contribution in [3.63, 3.8) is 0 Å². The minimum atomic E-state index is -3.70. The number of amides is 2. The highest BCUT2D eigenvalue weighted by molar-refractivity contribution is 7.89. The first-order valence-electron chi connectivity index (χ1n) is 10.6. The fourth-order valence-corrected chi connectivity index (χ4v) is 3.84.